The van der Waals surface area contributed by atoms with E-state index in [0.717, 1.165) is 21.7 Å². The number of carbonyl (C=O) groups excluding carboxylic acids is 1. The van der Waals surface area contributed by atoms with Crippen LogP contribution in [0.1, 0.15) is 12.5 Å². The van der Waals surface area contributed by atoms with Crippen LogP contribution in [0.2, 0.25) is 0 Å². The lowest BCUT2D eigenvalue weighted by Crippen LogP contribution is -2.53. The molecule has 1 aromatic carbocycles. The van der Waals surface area contributed by atoms with E-state index in [4.69, 9.17) is 15.3 Å². The van der Waals surface area contributed by atoms with Crippen LogP contribution in [0.5, 0.6) is 5.75 Å². The molecule has 0 bridgehead atoms. The highest BCUT2D eigenvalue weighted by molar-refractivity contribution is 7.16. The molecule has 4 rings (SSSR count). The van der Waals surface area contributed by atoms with Crippen LogP contribution in [-0.2, 0) is 4.84 Å². The van der Waals surface area contributed by atoms with E-state index in [1.165, 1.54) is 11.3 Å². The number of thiazole rings is 1. The molecule has 0 radical (unpaired) electrons. The highest BCUT2D eigenvalue weighted by Crippen LogP contribution is 2.29. The lowest BCUT2D eigenvalue weighted by Gasteiger charge is -2.39. The van der Waals surface area contributed by atoms with Crippen molar-refractivity contribution in [3.05, 3.63) is 29.3 Å². The first-order valence-electron chi connectivity index (χ1n) is 9.46. The average molecular weight is 430 g/mol. The van der Waals surface area contributed by atoms with Crippen molar-refractivity contribution in [2.75, 3.05) is 42.7 Å². The van der Waals surface area contributed by atoms with E-state index in [9.17, 15) is 4.79 Å². The van der Waals surface area contributed by atoms with Crippen molar-refractivity contribution in [2.45, 2.75) is 19.9 Å². The summed E-state index contributed by atoms with van der Waals surface area (Å²) in [6.07, 6.45) is -0.530. The van der Waals surface area contributed by atoms with Crippen LogP contribution in [0, 0.1) is 6.92 Å². The van der Waals surface area contributed by atoms with E-state index < -0.39 is 6.09 Å². The standard InChI is InChI=1S/C19H23N7O3S/c1-11-8-13(28-3)4-5-14(11)22-19(27)29-25-6-7-26(12(2)9-25)16-15-17(30-10-21-15)24-18(20)23-16/h4-5,8,10,12H,6-7,9H2,1-3H3,(H,22,27)(H2,20,23,24)/t12-/m0/s1. The lowest BCUT2D eigenvalue weighted by atomic mass is 10.2. The summed E-state index contributed by atoms with van der Waals surface area (Å²) >= 11 is 1.43. The van der Waals surface area contributed by atoms with Gasteiger partial charge in [-0.25, -0.2) is 14.8 Å². The molecule has 1 fully saturated rings. The number of benzene rings is 1. The number of aryl methyl sites for hydroxylation is 1. The van der Waals surface area contributed by atoms with Gasteiger partial charge in [-0.15, -0.1) is 16.4 Å². The fourth-order valence-corrected chi connectivity index (χ4v) is 4.10. The van der Waals surface area contributed by atoms with Gasteiger partial charge in [0.25, 0.3) is 0 Å². The maximum absolute atomic E-state index is 12.4. The smallest absolute Gasteiger partial charge is 0.430 e. The van der Waals surface area contributed by atoms with Crippen LogP contribution < -0.4 is 20.7 Å². The number of aromatic nitrogens is 3. The Kier molecular flexibility index (Phi) is 5.55. The molecule has 1 aliphatic rings. The van der Waals surface area contributed by atoms with E-state index >= 15 is 0 Å². The summed E-state index contributed by atoms with van der Waals surface area (Å²) in [6, 6.07) is 5.46. The second kappa shape index (κ2) is 8.28. The van der Waals surface area contributed by atoms with Crippen molar-refractivity contribution in [1.82, 2.24) is 20.0 Å². The quantitative estimate of drug-likeness (QED) is 0.645. The third kappa shape index (κ3) is 4.07. The van der Waals surface area contributed by atoms with E-state index in [1.807, 2.05) is 19.9 Å². The summed E-state index contributed by atoms with van der Waals surface area (Å²) in [7, 11) is 1.60. The lowest BCUT2D eigenvalue weighted by molar-refractivity contribution is -0.103. The number of hydrogen-bond acceptors (Lipinski definition) is 10. The molecular weight excluding hydrogens is 406 g/mol. The van der Waals surface area contributed by atoms with Crippen LogP contribution >= 0.6 is 11.3 Å². The molecule has 1 saturated heterocycles. The topological polar surface area (TPSA) is 119 Å². The van der Waals surface area contributed by atoms with Gasteiger partial charge in [0.05, 0.1) is 25.7 Å². The summed E-state index contributed by atoms with van der Waals surface area (Å²) < 4.78 is 5.19. The average Bonchev–Trinajstić information content (AvgIpc) is 3.17. The second-order valence-corrected chi connectivity index (χ2v) is 7.86. The summed E-state index contributed by atoms with van der Waals surface area (Å²) in [4.78, 5) is 33.8. The third-order valence-electron chi connectivity index (χ3n) is 4.94. The fraction of sp³-hybridized carbons (Fsp3) is 0.368. The second-order valence-electron chi connectivity index (χ2n) is 7.03. The number of methoxy groups -OCH3 is 1. The molecule has 158 valence electrons. The zero-order valence-electron chi connectivity index (χ0n) is 17.0. The molecule has 3 N–H and O–H groups in total. The number of ether oxygens (including phenoxy) is 1. The predicted octanol–water partition coefficient (Wildman–Crippen LogP) is 2.66. The number of rotatable bonds is 4. The molecule has 0 aliphatic carbocycles. The number of amides is 1. The van der Waals surface area contributed by atoms with E-state index in [0.29, 0.717) is 31.1 Å². The fourth-order valence-electron chi connectivity index (χ4n) is 3.44. The van der Waals surface area contributed by atoms with Gasteiger partial charge in [-0.1, -0.05) is 0 Å². The van der Waals surface area contributed by atoms with Gasteiger partial charge in [-0.2, -0.15) is 4.98 Å². The molecule has 1 amide bonds. The Labute approximate surface area is 177 Å². The minimum Gasteiger partial charge on any atom is -0.497 e. The van der Waals surface area contributed by atoms with Gasteiger partial charge in [0.2, 0.25) is 5.95 Å². The Morgan fingerprint density at radius 1 is 1.33 bits per heavy atom. The molecule has 30 heavy (non-hydrogen) atoms. The number of nitrogens with one attached hydrogen (secondary N) is 1. The van der Waals surface area contributed by atoms with Crippen molar-refractivity contribution in [3.63, 3.8) is 0 Å². The minimum absolute atomic E-state index is 0.0356. The summed E-state index contributed by atoms with van der Waals surface area (Å²) in [5.41, 5.74) is 9.90. The molecule has 0 spiro atoms. The number of nitrogen functional groups attached to an aromatic ring is 1. The van der Waals surface area contributed by atoms with E-state index in [2.05, 4.69) is 25.2 Å². The summed E-state index contributed by atoms with van der Waals surface area (Å²) in [5, 5.41) is 4.43. The van der Waals surface area contributed by atoms with Gasteiger partial charge in [0.1, 0.15) is 11.3 Å². The molecule has 11 heteroatoms. The van der Waals surface area contributed by atoms with Crippen LogP contribution in [0.25, 0.3) is 10.3 Å². The van der Waals surface area contributed by atoms with Crippen molar-refractivity contribution in [2.24, 2.45) is 0 Å². The zero-order chi connectivity index (χ0) is 21.3. The predicted molar refractivity (Wildman–Crippen MR) is 116 cm³/mol. The van der Waals surface area contributed by atoms with Crippen LogP contribution in [0.3, 0.4) is 0 Å². The first-order chi connectivity index (χ1) is 14.4. The van der Waals surface area contributed by atoms with Crippen molar-refractivity contribution in [3.8, 4) is 5.75 Å². The Morgan fingerprint density at radius 2 is 2.17 bits per heavy atom. The molecular formula is C19H23N7O3S. The summed E-state index contributed by atoms with van der Waals surface area (Å²) in [6.45, 7) is 5.59. The first kappa shape index (κ1) is 20.1. The maximum atomic E-state index is 12.4. The van der Waals surface area contributed by atoms with Crippen LogP contribution in [-0.4, -0.2) is 58.9 Å². The molecule has 3 heterocycles. The minimum atomic E-state index is -0.530. The van der Waals surface area contributed by atoms with Gasteiger partial charge in [-0.3, -0.25) is 5.32 Å². The number of nitrogens with zero attached hydrogens (tertiary/aromatic N) is 5. The summed E-state index contributed by atoms with van der Waals surface area (Å²) in [5.74, 6) is 1.67. The molecule has 0 saturated carbocycles. The third-order valence-corrected chi connectivity index (χ3v) is 5.66. The number of hydrogen-bond donors (Lipinski definition) is 2. The highest BCUT2D eigenvalue weighted by Gasteiger charge is 2.29. The SMILES string of the molecule is COc1ccc(NC(=O)ON2CCN(c3nc(N)nc4scnc34)[C@@H](C)C2)c(C)c1. The first-order valence-corrected chi connectivity index (χ1v) is 10.3. The monoisotopic (exact) mass is 429 g/mol. The largest absolute Gasteiger partial charge is 0.497 e. The van der Waals surface area contributed by atoms with Crippen molar-refractivity contribution < 1.29 is 14.4 Å². The maximum Gasteiger partial charge on any atom is 0.430 e. The number of nitrogens with two attached hydrogens (primary N) is 1. The normalized spacial score (nSPS) is 17.2. The van der Waals surface area contributed by atoms with Gasteiger partial charge in [0, 0.05) is 18.3 Å². The Morgan fingerprint density at radius 3 is 2.90 bits per heavy atom. The number of hydroxylamine groups is 2. The van der Waals surface area contributed by atoms with Gasteiger partial charge < -0.3 is 20.2 Å². The number of carbonyl (C=O) groups is 1. The van der Waals surface area contributed by atoms with Crippen LogP contribution in [0.4, 0.5) is 22.2 Å². The van der Waals surface area contributed by atoms with Gasteiger partial charge >= 0.3 is 6.09 Å². The molecule has 10 nitrogen and oxygen atoms in total. The molecule has 1 aliphatic heterocycles. The van der Waals surface area contributed by atoms with E-state index in [1.54, 1.807) is 29.8 Å². The van der Waals surface area contributed by atoms with Crippen molar-refractivity contribution >= 4 is 45.2 Å². The number of fused-ring (bicyclic) bond motifs is 1. The molecule has 0 unspecified atom stereocenters. The van der Waals surface area contributed by atoms with Gasteiger partial charge in [-0.05, 0) is 37.6 Å². The number of anilines is 3. The van der Waals surface area contributed by atoms with Crippen LogP contribution in [0.15, 0.2) is 23.7 Å². The molecule has 1 atom stereocenters. The zero-order valence-corrected chi connectivity index (χ0v) is 17.8. The highest BCUT2D eigenvalue weighted by atomic mass is 32.1. The Hall–Kier alpha value is -3.18. The Balaban J connectivity index is 1.39. The number of piperazine rings is 1. The molecule has 3 aromatic rings. The van der Waals surface area contributed by atoms with Crippen molar-refractivity contribution in [1.29, 1.82) is 0 Å². The molecule has 2 aromatic heterocycles. The Bertz CT molecular complexity index is 1070. The van der Waals surface area contributed by atoms with Gasteiger partial charge in [0.15, 0.2) is 10.6 Å². The van der Waals surface area contributed by atoms with E-state index in [-0.39, 0.29) is 12.0 Å².